The molecule has 6 heteroatoms. The van der Waals surface area contributed by atoms with Gasteiger partial charge in [0.25, 0.3) is 0 Å². The Morgan fingerprint density at radius 3 is 2.74 bits per heavy atom. The molecule has 2 fully saturated rings. The third-order valence-electron chi connectivity index (χ3n) is 8.76. The van der Waals surface area contributed by atoms with Crippen LogP contribution in [0.5, 0.6) is 5.88 Å². The standard InChI is InChI=1S/C28H42N4O2/c1-4-19(2)15-20-7-8-21-16-24-27(26(20)21)28(30-18-29-24)34-23-11-9-22(10-12-23)31(3)17-25(33)32-13-5-6-14-32/h16,18-20,22-23H,4-15,17H2,1-3H3,(H,29,30)/t19-,20-,22?,23?/m1/s1. The average molecular weight is 467 g/mol. The molecule has 2 aliphatic heterocycles. The van der Waals surface area contributed by atoms with Crippen LogP contribution in [0, 0.1) is 5.92 Å². The Bertz CT molecular complexity index is 942. The average Bonchev–Trinajstić information content (AvgIpc) is 3.58. The van der Waals surface area contributed by atoms with Gasteiger partial charge in [-0.25, -0.2) is 4.98 Å². The summed E-state index contributed by atoms with van der Waals surface area (Å²) in [5.74, 6) is 2.49. The number of fused-ring (bicyclic) bond motifs is 3. The van der Waals surface area contributed by atoms with Gasteiger partial charge < -0.3 is 14.6 Å². The van der Waals surface area contributed by atoms with Crippen LogP contribution in [0.15, 0.2) is 12.4 Å². The van der Waals surface area contributed by atoms with Gasteiger partial charge in [-0.3, -0.25) is 9.69 Å². The minimum atomic E-state index is 0.206. The lowest BCUT2D eigenvalue weighted by molar-refractivity contribution is -0.131. The summed E-state index contributed by atoms with van der Waals surface area (Å²) in [6.07, 6.45) is 13.4. The first-order valence-electron chi connectivity index (χ1n) is 13.7. The van der Waals surface area contributed by atoms with Gasteiger partial charge in [0.2, 0.25) is 11.8 Å². The number of ether oxygens (including phenoxy) is 1. The second-order valence-corrected chi connectivity index (χ2v) is 11.1. The van der Waals surface area contributed by atoms with Crippen molar-refractivity contribution in [3.8, 4) is 17.1 Å². The van der Waals surface area contributed by atoms with Gasteiger partial charge in [-0.2, -0.15) is 0 Å². The number of H-pyrrole nitrogens is 1. The molecule has 3 aliphatic carbocycles. The summed E-state index contributed by atoms with van der Waals surface area (Å²) < 4.78 is 6.60. The molecule has 0 aromatic carbocycles. The number of carbonyl (C=O) groups is 1. The SMILES string of the molecule is CC[C@@H](C)C[C@H]1CCc2cc3[nH]cnc(OC4CCC(N(C)CC(=O)N5CCCC5)CC4)c-3c21. The third-order valence-corrected chi connectivity index (χ3v) is 8.76. The zero-order valence-electron chi connectivity index (χ0n) is 21.3. The molecule has 1 N–H and O–H groups in total. The lowest BCUT2D eigenvalue weighted by Crippen LogP contribution is -2.44. The molecule has 0 aromatic rings. The maximum Gasteiger partial charge on any atom is 0.236 e. The maximum absolute atomic E-state index is 12.6. The number of hydrogen-bond acceptors (Lipinski definition) is 4. The Hall–Kier alpha value is -2.08. The van der Waals surface area contributed by atoms with Gasteiger partial charge in [-0.05, 0) is 93.9 Å². The number of nitrogens with one attached hydrogen (secondary N) is 1. The topological polar surface area (TPSA) is 61.5 Å². The van der Waals surface area contributed by atoms with Crippen molar-refractivity contribution in [3.63, 3.8) is 0 Å². The van der Waals surface area contributed by atoms with Crippen molar-refractivity contribution in [2.45, 2.75) is 96.1 Å². The molecule has 0 spiro atoms. The first kappa shape index (κ1) is 23.7. The van der Waals surface area contributed by atoms with Gasteiger partial charge in [0.15, 0.2) is 0 Å². The van der Waals surface area contributed by atoms with Crippen molar-refractivity contribution in [3.05, 3.63) is 23.5 Å². The van der Waals surface area contributed by atoms with Crippen molar-refractivity contribution in [1.82, 2.24) is 19.8 Å². The summed E-state index contributed by atoms with van der Waals surface area (Å²) >= 11 is 0. The fourth-order valence-corrected chi connectivity index (χ4v) is 6.49. The monoisotopic (exact) mass is 466 g/mol. The van der Waals surface area contributed by atoms with Crippen molar-refractivity contribution in [1.29, 1.82) is 0 Å². The van der Waals surface area contributed by atoms with Gasteiger partial charge in [0.1, 0.15) is 6.10 Å². The highest BCUT2D eigenvalue weighted by molar-refractivity contribution is 5.78. The fourth-order valence-electron chi connectivity index (χ4n) is 6.49. The van der Waals surface area contributed by atoms with Gasteiger partial charge in [-0.1, -0.05) is 20.3 Å². The van der Waals surface area contributed by atoms with E-state index in [2.05, 4.69) is 41.8 Å². The van der Waals surface area contributed by atoms with E-state index in [4.69, 9.17) is 4.74 Å². The summed E-state index contributed by atoms with van der Waals surface area (Å²) in [4.78, 5) is 24.9. The number of nitrogens with zero attached hydrogens (tertiary/aromatic N) is 3. The molecule has 1 saturated carbocycles. The molecule has 5 aliphatic rings. The van der Waals surface area contributed by atoms with Gasteiger partial charge in [0.05, 0.1) is 24.1 Å². The van der Waals surface area contributed by atoms with Gasteiger partial charge in [-0.15, -0.1) is 0 Å². The van der Waals surface area contributed by atoms with Crippen LogP contribution in [0.2, 0.25) is 0 Å². The van der Waals surface area contributed by atoms with E-state index in [9.17, 15) is 4.79 Å². The number of likely N-dealkylation sites (tertiary alicyclic amines) is 1. The van der Waals surface area contributed by atoms with E-state index in [0.29, 0.717) is 24.4 Å². The predicted octanol–water partition coefficient (Wildman–Crippen LogP) is 5.22. The lowest BCUT2D eigenvalue weighted by atomic mass is 9.88. The molecule has 34 heavy (non-hydrogen) atoms. The largest absolute Gasteiger partial charge is 0.474 e. The first-order chi connectivity index (χ1) is 16.5. The van der Waals surface area contributed by atoms with E-state index in [1.807, 2.05) is 4.90 Å². The molecule has 186 valence electrons. The summed E-state index contributed by atoms with van der Waals surface area (Å²) in [5.41, 5.74) is 5.41. The Kier molecular flexibility index (Phi) is 7.14. The number of amides is 1. The second-order valence-electron chi connectivity index (χ2n) is 11.1. The zero-order valence-corrected chi connectivity index (χ0v) is 21.3. The van der Waals surface area contributed by atoms with E-state index in [0.717, 1.165) is 63.4 Å². The van der Waals surface area contributed by atoms with Crippen molar-refractivity contribution >= 4 is 5.91 Å². The van der Waals surface area contributed by atoms with Crippen molar-refractivity contribution < 1.29 is 9.53 Å². The summed E-state index contributed by atoms with van der Waals surface area (Å²) in [5, 5.41) is 0. The number of hydrogen-bond donors (Lipinski definition) is 1. The molecule has 0 aromatic heterocycles. The first-order valence-corrected chi connectivity index (χ1v) is 13.7. The Morgan fingerprint density at radius 2 is 2.00 bits per heavy atom. The van der Waals surface area contributed by atoms with Crippen LogP contribution in [0.4, 0.5) is 0 Å². The highest BCUT2D eigenvalue weighted by Gasteiger charge is 2.34. The lowest BCUT2D eigenvalue weighted by Gasteiger charge is -2.35. The number of aromatic amines is 1. The van der Waals surface area contributed by atoms with Crippen molar-refractivity contribution in [2.75, 3.05) is 26.7 Å². The van der Waals surface area contributed by atoms with Gasteiger partial charge >= 0.3 is 0 Å². The molecule has 2 atom stereocenters. The fraction of sp³-hybridized carbons (Fsp3) is 0.714. The van der Waals surface area contributed by atoms with Crippen LogP contribution in [0.3, 0.4) is 0 Å². The summed E-state index contributed by atoms with van der Waals surface area (Å²) in [6, 6.07) is 2.80. The predicted molar refractivity (Wildman–Crippen MR) is 135 cm³/mol. The highest BCUT2D eigenvalue weighted by Crippen LogP contribution is 2.49. The minimum absolute atomic E-state index is 0.206. The number of rotatable bonds is 8. The number of likely N-dealkylation sites (N-methyl/N-ethyl adjacent to an activating group) is 1. The number of aryl methyl sites for hydroxylation is 1. The van der Waals surface area contributed by atoms with Crippen LogP contribution in [0.25, 0.3) is 11.3 Å². The second kappa shape index (κ2) is 10.3. The quantitative estimate of drug-likeness (QED) is 0.579. The van der Waals surface area contributed by atoms with E-state index < -0.39 is 0 Å². The molecule has 5 rings (SSSR count). The number of carbonyl (C=O) groups excluding carboxylic acids is 1. The van der Waals surface area contributed by atoms with Crippen molar-refractivity contribution in [2.24, 2.45) is 5.92 Å². The van der Waals surface area contributed by atoms with Crippen LogP contribution >= 0.6 is 0 Å². The van der Waals surface area contributed by atoms with Crippen LogP contribution < -0.4 is 4.74 Å². The molecule has 2 heterocycles. The molecule has 0 bridgehead atoms. The smallest absolute Gasteiger partial charge is 0.236 e. The normalized spacial score (nSPS) is 25.8. The van der Waals surface area contributed by atoms with Crippen LogP contribution in [0.1, 0.15) is 88.7 Å². The maximum atomic E-state index is 12.6. The molecule has 6 nitrogen and oxygen atoms in total. The molecule has 1 amide bonds. The van der Waals surface area contributed by atoms with Gasteiger partial charge in [0, 0.05) is 19.1 Å². The van der Waals surface area contributed by atoms with E-state index in [-0.39, 0.29) is 6.10 Å². The molecular weight excluding hydrogens is 424 g/mol. The third kappa shape index (κ3) is 4.84. The highest BCUT2D eigenvalue weighted by atomic mass is 16.5. The number of aromatic nitrogens is 2. The van der Waals surface area contributed by atoms with Crippen LogP contribution in [-0.4, -0.2) is 64.5 Å². The molecular formula is C28H42N4O2. The Balaban J connectivity index is 1.21. The minimum Gasteiger partial charge on any atom is -0.474 e. The van der Waals surface area contributed by atoms with E-state index >= 15 is 0 Å². The summed E-state index contributed by atoms with van der Waals surface area (Å²) in [7, 11) is 2.11. The van der Waals surface area contributed by atoms with E-state index in [1.165, 1.54) is 48.1 Å². The molecule has 0 unspecified atom stereocenters. The Labute approximate surface area is 204 Å². The van der Waals surface area contributed by atoms with Crippen LogP contribution in [-0.2, 0) is 11.2 Å². The van der Waals surface area contributed by atoms with E-state index in [1.54, 1.807) is 6.33 Å². The summed E-state index contributed by atoms with van der Waals surface area (Å²) in [6.45, 7) is 7.09. The molecule has 0 radical (unpaired) electrons. The molecule has 1 saturated heterocycles. The Morgan fingerprint density at radius 1 is 1.24 bits per heavy atom. The zero-order chi connectivity index (χ0) is 23.7.